The molecule has 0 aliphatic carbocycles. The summed E-state index contributed by atoms with van der Waals surface area (Å²) in [6.07, 6.45) is 0.499. The molecule has 0 saturated heterocycles. The van der Waals surface area contributed by atoms with Crippen LogP contribution in [0.5, 0.6) is 0 Å². The van der Waals surface area contributed by atoms with E-state index in [0.717, 1.165) is 10.6 Å². The number of para-hydroxylation sites is 2. The average molecular weight is 437 g/mol. The van der Waals surface area contributed by atoms with E-state index >= 15 is 0 Å². The van der Waals surface area contributed by atoms with E-state index in [4.69, 9.17) is 4.42 Å². The SMILES string of the molecule is CC(C)S(=O)(=O)N1CCc2nc(NC(=O)Cn3c(=O)oc4ccccc43)sc2C1. The molecular formula is C18H20N4O5S2. The Morgan fingerprint density at radius 3 is 2.86 bits per heavy atom. The topological polar surface area (TPSA) is 115 Å². The number of amides is 1. The molecule has 0 unspecified atom stereocenters. The van der Waals surface area contributed by atoms with E-state index in [0.29, 0.717) is 29.2 Å². The van der Waals surface area contributed by atoms with Gasteiger partial charge in [-0.25, -0.2) is 18.2 Å². The number of sulfonamides is 1. The largest absolute Gasteiger partial charge is 0.420 e. The number of benzene rings is 1. The maximum Gasteiger partial charge on any atom is 0.420 e. The second kappa shape index (κ2) is 7.39. The van der Waals surface area contributed by atoms with Crippen molar-refractivity contribution in [3.8, 4) is 0 Å². The minimum absolute atomic E-state index is 0.200. The number of oxazole rings is 1. The molecule has 11 heteroatoms. The lowest BCUT2D eigenvalue weighted by atomic mass is 10.2. The first kappa shape index (κ1) is 19.8. The number of aromatic nitrogens is 2. The lowest BCUT2D eigenvalue weighted by Crippen LogP contribution is -2.39. The monoisotopic (exact) mass is 436 g/mol. The molecule has 154 valence electrons. The van der Waals surface area contributed by atoms with Crippen LogP contribution in [0, 0.1) is 0 Å². The molecule has 3 heterocycles. The molecule has 0 saturated carbocycles. The molecular weight excluding hydrogens is 416 g/mol. The standard InChI is InChI=1S/C18H20N4O5S2/c1-11(2)29(25,26)21-8-7-12-15(9-21)28-17(19-12)20-16(23)10-22-13-5-3-4-6-14(13)27-18(22)24/h3-6,11H,7-10H2,1-2H3,(H,19,20,23). The first-order chi connectivity index (χ1) is 13.8. The fourth-order valence-corrected chi connectivity index (χ4v) is 5.58. The van der Waals surface area contributed by atoms with Gasteiger partial charge in [0.15, 0.2) is 10.7 Å². The van der Waals surface area contributed by atoms with Crippen molar-refractivity contribution >= 4 is 43.5 Å². The number of carbonyl (C=O) groups is 1. The number of carbonyl (C=O) groups excluding carboxylic acids is 1. The number of nitrogens with one attached hydrogen (secondary N) is 1. The molecule has 0 spiro atoms. The van der Waals surface area contributed by atoms with Gasteiger partial charge >= 0.3 is 5.76 Å². The molecule has 2 aromatic heterocycles. The molecule has 0 bridgehead atoms. The molecule has 1 aliphatic heterocycles. The summed E-state index contributed by atoms with van der Waals surface area (Å²) in [5.41, 5.74) is 1.76. The van der Waals surface area contributed by atoms with Gasteiger partial charge in [-0.15, -0.1) is 11.3 Å². The Morgan fingerprint density at radius 2 is 2.10 bits per heavy atom. The molecule has 3 aromatic rings. The number of anilines is 1. The van der Waals surface area contributed by atoms with Crippen LogP contribution in [0.4, 0.5) is 5.13 Å². The van der Waals surface area contributed by atoms with Crippen molar-refractivity contribution in [2.45, 2.75) is 38.6 Å². The average Bonchev–Trinajstić information content (AvgIpc) is 3.21. The zero-order valence-corrected chi connectivity index (χ0v) is 17.5. The summed E-state index contributed by atoms with van der Waals surface area (Å²) in [5.74, 6) is -1.01. The van der Waals surface area contributed by atoms with E-state index < -0.39 is 26.9 Å². The van der Waals surface area contributed by atoms with Crippen LogP contribution in [0.25, 0.3) is 11.1 Å². The third kappa shape index (κ3) is 3.72. The van der Waals surface area contributed by atoms with Gasteiger partial charge < -0.3 is 9.73 Å². The summed E-state index contributed by atoms with van der Waals surface area (Å²) in [4.78, 5) is 29.7. The van der Waals surface area contributed by atoms with Gasteiger partial charge in [-0.05, 0) is 26.0 Å². The summed E-state index contributed by atoms with van der Waals surface area (Å²) < 4.78 is 32.6. The molecule has 0 atom stereocenters. The summed E-state index contributed by atoms with van der Waals surface area (Å²) in [5, 5.41) is 2.61. The second-order valence-electron chi connectivity index (χ2n) is 7.04. The van der Waals surface area contributed by atoms with Gasteiger partial charge in [0.1, 0.15) is 6.54 Å². The highest BCUT2D eigenvalue weighted by atomic mass is 32.2. The quantitative estimate of drug-likeness (QED) is 0.652. The van der Waals surface area contributed by atoms with Crippen molar-refractivity contribution in [2.75, 3.05) is 11.9 Å². The highest BCUT2D eigenvalue weighted by molar-refractivity contribution is 7.89. The molecule has 29 heavy (non-hydrogen) atoms. The number of nitrogens with zero attached hydrogens (tertiary/aromatic N) is 3. The predicted molar refractivity (Wildman–Crippen MR) is 109 cm³/mol. The molecule has 1 aromatic carbocycles. The molecule has 1 aliphatic rings. The normalized spacial score (nSPS) is 15.0. The van der Waals surface area contributed by atoms with Crippen molar-refractivity contribution < 1.29 is 17.6 Å². The van der Waals surface area contributed by atoms with Crippen LogP contribution in [0.3, 0.4) is 0 Å². The lowest BCUT2D eigenvalue weighted by molar-refractivity contribution is -0.116. The maximum absolute atomic E-state index is 12.4. The Kier molecular flexibility index (Phi) is 5.05. The second-order valence-corrected chi connectivity index (χ2v) is 10.6. The Hall–Kier alpha value is -2.50. The Bertz CT molecular complexity index is 1240. The fraction of sp³-hybridized carbons (Fsp3) is 0.389. The summed E-state index contributed by atoms with van der Waals surface area (Å²) >= 11 is 1.26. The van der Waals surface area contributed by atoms with Gasteiger partial charge in [-0.1, -0.05) is 12.1 Å². The molecule has 1 amide bonds. The van der Waals surface area contributed by atoms with E-state index in [9.17, 15) is 18.0 Å². The minimum Gasteiger partial charge on any atom is -0.408 e. The smallest absolute Gasteiger partial charge is 0.408 e. The van der Waals surface area contributed by atoms with Crippen LogP contribution in [0.15, 0.2) is 33.5 Å². The number of thiazole rings is 1. The van der Waals surface area contributed by atoms with Crippen LogP contribution >= 0.6 is 11.3 Å². The van der Waals surface area contributed by atoms with E-state index in [1.165, 1.54) is 20.2 Å². The van der Waals surface area contributed by atoms with Crippen molar-refractivity contribution in [3.63, 3.8) is 0 Å². The van der Waals surface area contributed by atoms with Crippen molar-refractivity contribution in [1.82, 2.24) is 13.9 Å². The van der Waals surface area contributed by atoms with Crippen LogP contribution in [0.2, 0.25) is 0 Å². The van der Waals surface area contributed by atoms with Crippen molar-refractivity contribution in [2.24, 2.45) is 0 Å². The maximum atomic E-state index is 12.4. The summed E-state index contributed by atoms with van der Waals surface area (Å²) in [7, 11) is -3.34. The molecule has 9 nitrogen and oxygen atoms in total. The van der Waals surface area contributed by atoms with Crippen LogP contribution in [-0.2, 0) is 34.3 Å². The van der Waals surface area contributed by atoms with Gasteiger partial charge in [0, 0.05) is 24.4 Å². The van der Waals surface area contributed by atoms with Gasteiger partial charge in [-0.2, -0.15) is 4.31 Å². The molecule has 0 radical (unpaired) electrons. The third-order valence-electron chi connectivity index (χ3n) is 4.77. The zero-order valence-electron chi connectivity index (χ0n) is 15.9. The number of fused-ring (bicyclic) bond motifs is 2. The van der Waals surface area contributed by atoms with Gasteiger partial charge in [0.25, 0.3) is 0 Å². The lowest BCUT2D eigenvalue weighted by Gasteiger charge is -2.26. The van der Waals surface area contributed by atoms with E-state index in [2.05, 4.69) is 10.3 Å². The summed E-state index contributed by atoms with van der Waals surface area (Å²) in [6, 6.07) is 6.88. The first-order valence-electron chi connectivity index (χ1n) is 9.11. The van der Waals surface area contributed by atoms with Crippen LogP contribution in [-0.4, -0.2) is 40.0 Å². The zero-order chi connectivity index (χ0) is 20.8. The molecule has 0 fully saturated rings. The Labute approximate surface area is 171 Å². The minimum atomic E-state index is -3.34. The van der Waals surface area contributed by atoms with Crippen molar-refractivity contribution in [1.29, 1.82) is 0 Å². The number of rotatable bonds is 5. The predicted octanol–water partition coefficient (Wildman–Crippen LogP) is 1.79. The highest BCUT2D eigenvalue weighted by Crippen LogP contribution is 2.30. The number of hydrogen-bond acceptors (Lipinski definition) is 7. The summed E-state index contributed by atoms with van der Waals surface area (Å²) in [6.45, 7) is 3.75. The van der Waals surface area contributed by atoms with Crippen molar-refractivity contribution in [3.05, 3.63) is 45.4 Å². The first-order valence-corrected chi connectivity index (χ1v) is 11.4. The molecule has 1 N–H and O–H groups in total. The van der Waals surface area contributed by atoms with Gasteiger partial charge in [0.2, 0.25) is 15.9 Å². The Morgan fingerprint density at radius 1 is 1.34 bits per heavy atom. The number of hydrogen-bond donors (Lipinski definition) is 1. The van der Waals surface area contributed by atoms with Gasteiger partial charge in [0.05, 0.1) is 16.5 Å². The highest BCUT2D eigenvalue weighted by Gasteiger charge is 2.31. The van der Waals surface area contributed by atoms with Crippen LogP contribution < -0.4 is 11.1 Å². The van der Waals surface area contributed by atoms with E-state index in [1.807, 2.05) is 0 Å². The Balaban J connectivity index is 1.49. The molecule has 4 rings (SSSR count). The van der Waals surface area contributed by atoms with E-state index in [1.54, 1.807) is 38.1 Å². The third-order valence-corrected chi connectivity index (χ3v) is 7.99. The van der Waals surface area contributed by atoms with E-state index in [-0.39, 0.29) is 13.1 Å². The fourth-order valence-electron chi connectivity index (χ4n) is 3.21. The van der Waals surface area contributed by atoms with Crippen LogP contribution in [0.1, 0.15) is 24.4 Å². The van der Waals surface area contributed by atoms with Gasteiger partial charge in [-0.3, -0.25) is 9.36 Å².